The Labute approximate surface area is 122 Å². The van der Waals surface area contributed by atoms with Gasteiger partial charge >= 0.3 is 12.0 Å². The maximum atomic E-state index is 12.0. The number of carbonyl (C=O) groups is 2. The van der Waals surface area contributed by atoms with E-state index in [4.69, 9.17) is 5.11 Å². The number of nitrogens with one attached hydrogen (secondary N) is 1. The van der Waals surface area contributed by atoms with E-state index in [0.29, 0.717) is 11.3 Å². The van der Waals surface area contributed by atoms with Gasteiger partial charge in [0.2, 0.25) is 0 Å². The van der Waals surface area contributed by atoms with Gasteiger partial charge in [-0.3, -0.25) is 0 Å². The molecule has 1 aromatic rings. The van der Waals surface area contributed by atoms with E-state index in [1.54, 1.807) is 19.1 Å². The summed E-state index contributed by atoms with van der Waals surface area (Å²) in [7, 11) is -3.05. The molecular weight excluding hydrogens is 296 g/mol. The summed E-state index contributed by atoms with van der Waals surface area (Å²) in [6.45, 7) is 1.96. The van der Waals surface area contributed by atoms with Gasteiger partial charge in [-0.1, -0.05) is 6.07 Å². The minimum Gasteiger partial charge on any atom is -0.478 e. The molecule has 21 heavy (non-hydrogen) atoms. The maximum absolute atomic E-state index is 12.0. The minimum absolute atomic E-state index is 0.0469. The second-order valence-electron chi connectivity index (χ2n) is 4.90. The van der Waals surface area contributed by atoms with Gasteiger partial charge in [0.15, 0.2) is 9.84 Å². The Morgan fingerprint density at radius 1 is 1.24 bits per heavy atom. The fourth-order valence-electron chi connectivity index (χ4n) is 2.05. The second kappa shape index (κ2) is 5.72. The van der Waals surface area contributed by atoms with Crippen molar-refractivity contribution in [3.63, 3.8) is 0 Å². The summed E-state index contributed by atoms with van der Waals surface area (Å²) in [6.07, 6.45) is 0. The van der Waals surface area contributed by atoms with Crippen LogP contribution in [0.25, 0.3) is 0 Å². The summed E-state index contributed by atoms with van der Waals surface area (Å²) in [4.78, 5) is 24.5. The quantitative estimate of drug-likeness (QED) is 0.846. The number of nitrogens with zero attached hydrogens (tertiary/aromatic N) is 1. The smallest absolute Gasteiger partial charge is 0.336 e. The monoisotopic (exact) mass is 312 g/mol. The zero-order chi connectivity index (χ0) is 15.6. The molecule has 1 aromatic carbocycles. The summed E-state index contributed by atoms with van der Waals surface area (Å²) in [5.74, 6) is -1.16. The molecular formula is C13H16N2O5S. The standard InChI is InChI=1S/C13H16N2O5S/c1-9-2-3-10(8-11(9)12(16)17)14-13(18)15-4-6-21(19,20)7-5-15/h2-3,8H,4-7H2,1H3,(H,14,18)(H,16,17). The van der Waals surface area contributed by atoms with Crippen molar-refractivity contribution in [3.8, 4) is 0 Å². The van der Waals surface area contributed by atoms with Crippen molar-refractivity contribution in [1.82, 2.24) is 4.90 Å². The van der Waals surface area contributed by atoms with Crippen molar-refractivity contribution in [2.24, 2.45) is 0 Å². The van der Waals surface area contributed by atoms with Gasteiger partial charge in [-0.25, -0.2) is 18.0 Å². The molecule has 1 aliphatic heterocycles. The van der Waals surface area contributed by atoms with Crippen molar-refractivity contribution in [2.45, 2.75) is 6.92 Å². The number of anilines is 1. The van der Waals surface area contributed by atoms with E-state index in [1.165, 1.54) is 11.0 Å². The number of aryl methyl sites for hydroxylation is 1. The number of sulfone groups is 1. The summed E-state index contributed by atoms with van der Waals surface area (Å²) < 4.78 is 22.6. The average molecular weight is 312 g/mol. The van der Waals surface area contributed by atoms with Gasteiger partial charge in [0.05, 0.1) is 17.1 Å². The van der Waals surface area contributed by atoms with Gasteiger partial charge in [0.1, 0.15) is 0 Å². The zero-order valence-corrected chi connectivity index (χ0v) is 12.3. The van der Waals surface area contributed by atoms with E-state index in [2.05, 4.69) is 5.32 Å². The van der Waals surface area contributed by atoms with Crippen LogP contribution in [-0.4, -0.2) is 55.0 Å². The highest BCUT2D eigenvalue weighted by Gasteiger charge is 2.25. The normalized spacial score (nSPS) is 17.3. The van der Waals surface area contributed by atoms with Gasteiger partial charge < -0.3 is 15.3 Å². The number of aromatic carboxylic acids is 1. The molecule has 2 rings (SSSR count). The Bertz CT molecular complexity index is 670. The summed E-state index contributed by atoms with van der Waals surface area (Å²) in [5.41, 5.74) is 1.09. The van der Waals surface area contributed by atoms with Crippen LogP contribution in [0.3, 0.4) is 0 Å². The second-order valence-corrected chi connectivity index (χ2v) is 7.21. The Balaban J connectivity index is 2.07. The van der Waals surface area contributed by atoms with Crippen LogP contribution < -0.4 is 5.32 Å². The lowest BCUT2D eigenvalue weighted by molar-refractivity contribution is 0.0696. The highest BCUT2D eigenvalue weighted by molar-refractivity contribution is 7.91. The lowest BCUT2D eigenvalue weighted by atomic mass is 10.1. The molecule has 2 N–H and O–H groups in total. The Morgan fingerprint density at radius 2 is 1.86 bits per heavy atom. The first-order valence-electron chi connectivity index (χ1n) is 6.39. The number of hydrogen-bond donors (Lipinski definition) is 2. The third kappa shape index (κ3) is 3.72. The molecule has 1 heterocycles. The van der Waals surface area contributed by atoms with Gasteiger partial charge in [0, 0.05) is 18.8 Å². The molecule has 0 aromatic heterocycles. The van der Waals surface area contributed by atoms with Gasteiger partial charge in [-0.15, -0.1) is 0 Å². The summed E-state index contributed by atoms with van der Waals surface area (Å²) in [5, 5.41) is 11.6. The number of hydrogen-bond acceptors (Lipinski definition) is 4. The molecule has 0 saturated carbocycles. The Kier molecular flexibility index (Phi) is 4.17. The molecule has 1 aliphatic rings. The first kappa shape index (κ1) is 15.3. The van der Waals surface area contributed by atoms with Crippen LogP contribution in [-0.2, 0) is 9.84 Å². The fourth-order valence-corrected chi connectivity index (χ4v) is 3.25. The molecule has 1 saturated heterocycles. The molecule has 0 aliphatic carbocycles. The molecule has 0 radical (unpaired) electrons. The molecule has 0 spiro atoms. The van der Waals surface area contributed by atoms with Gasteiger partial charge in [0.25, 0.3) is 0 Å². The van der Waals surface area contributed by atoms with Crippen LogP contribution in [0.2, 0.25) is 0 Å². The van der Waals surface area contributed by atoms with E-state index in [0.717, 1.165) is 0 Å². The van der Waals surface area contributed by atoms with Crippen LogP contribution in [0.1, 0.15) is 15.9 Å². The predicted octanol–water partition coefficient (Wildman–Crippen LogP) is 0.956. The lowest BCUT2D eigenvalue weighted by Crippen LogP contribution is -2.45. The van der Waals surface area contributed by atoms with Gasteiger partial charge in [-0.05, 0) is 24.6 Å². The molecule has 0 bridgehead atoms. The Morgan fingerprint density at radius 3 is 2.43 bits per heavy atom. The van der Waals surface area contributed by atoms with E-state index in [-0.39, 0.29) is 30.2 Å². The lowest BCUT2D eigenvalue weighted by Gasteiger charge is -2.26. The van der Waals surface area contributed by atoms with Crippen LogP contribution in [0.5, 0.6) is 0 Å². The van der Waals surface area contributed by atoms with E-state index < -0.39 is 21.8 Å². The molecule has 7 nitrogen and oxygen atoms in total. The average Bonchev–Trinajstić information content (AvgIpc) is 2.40. The summed E-state index contributed by atoms with van der Waals surface area (Å²) >= 11 is 0. The van der Waals surface area contributed by atoms with Crippen LogP contribution in [0.4, 0.5) is 10.5 Å². The molecule has 114 valence electrons. The van der Waals surface area contributed by atoms with Crippen LogP contribution in [0, 0.1) is 6.92 Å². The number of urea groups is 1. The molecule has 8 heteroatoms. The highest BCUT2D eigenvalue weighted by Crippen LogP contribution is 2.16. The number of amides is 2. The van der Waals surface area contributed by atoms with Crippen LogP contribution >= 0.6 is 0 Å². The number of rotatable bonds is 2. The highest BCUT2D eigenvalue weighted by atomic mass is 32.2. The van der Waals surface area contributed by atoms with Crippen molar-refractivity contribution in [2.75, 3.05) is 29.9 Å². The number of benzene rings is 1. The number of carboxylic acids is 1. The minimum atomic E-state index is -3.05. The SMILES string of the molecule is Cc1ccc(NC(=O)N2CCS(=O)(=O)CC2)cc1C(=O)O. The fraction of sp³-hybridized carbons (Fsp3) is 0.385. The van der Waals surface area contributed by atoms with Crippen molar-refractivity contribution in [3.05, 3.63) is 29.3 Å². The third-order valence-corrected chi connectivity index (χ3v) is 4.96. The predicted molar refractivity (Wildman–Crippen MR) is 77.4 cm³/mol. The summed E-state index contributed by atoms with van der Waals surface area (Å²) in [6, 6.07) is 4.18. The number of carboxylic acid groups (broad SMARTS) is 1. The maximum Gasteiger partial charge on any atom is 0.336 e. The van der Waals surface area contributed by atoms with Crippen molar-refractivity contribution < 1.29 is 23.1 Å². The molecule has 0 unspecified atom stereocenters. The van der Waals surface area contributed by atoms with E-state index in [1.807, 2.05) is 0 Å². The number of carbonyl (C=O) groups excluding carboxylic acids is 1. The third-order valence-electron chi connectivity index (χ3n) is 3.35. The first-order chi connectivity index (χ1) is 9.78. The largest absolute Gasteiger partial charge is 0.478 e. The molecule has 0 atom stereocenters. The zero-order valence-electron chi connectivity index (χ0n) is 11.5. The van der Waals surface area contributed by atoms with Crippen molar-refractivity contribution in [1.29, 1.82) is 0 Å². The topological polar surface area (TPSA) is 104 Å². The van der Waals surface area contributed by atoms with Crippen molar-refractivity contribution >= 4 is 27.5 Å². The van der Waals surface area contributed by atoms with Gasteiger partial charge in [-0.2, -0.15) is 0 Å². The molecule has 1 fully saturated rings. The Hall–Kier alpha value is -2.09. The first-order valence-corrected chi connectivity index (χ1v) is 8.21. The van der Waals surface area contributed by atoms with E-state index in [9.17, 15) is 18.0 Å². The van der Waals surface area contributed by atoms with Crippen LogP contribution in [0.15, 0.2) is 18.2 Å². The molecule has 2 amide bonds. The van der Waals surface area contributed by atoms with E-state index >= 15 is 0 Å².